The molecule has 1 N–H and O–H groups in total. The van der Waals surface area contributed by atoms with Crippen molar-refractivity contribution in [2.45, 2.75) is 57.4 Å². The second kappa shape index (κ2) is 5.80. The van der Waals surface area contributed by atoms with E-state index >= 15 is 0 Å². The Bertz CT molecular complexity index is 532. The van der Waals surface area contributed by atoms with Crippen molar-refractivity contribution in [3.63, 3.8) is 0 Å². The van der Waals surface area contributed by atoms with Gasteiger partial charge in [-0.3, -0.25) is 9.69 Å². The largest absolute Gasteiger partial charge is 0.481 e. The zero-order valence-corrected chi connectivity index (χ0v) is 12.9. The molecule has 0 radical (unpaired) electrons. The van der Waals surface area contributed by atoms with Crippen molar-refractivity contribution in [2.75, 3.05) is 13.1 Å². The van der Waals surface area contributed by atoms with Gasteiger partial charge in [-0.15, -0.1) is 0 Å². The molecule has 0 bridgehead atoms. The molecule has 0 aromatic heterocycles. The molecule has 0 saturated carbocycles. The summed E-state index contributed by atoms with van der Waals surface area (Å²) in [6.45, 7) is 4.19. The number of aliphatic carboxylic acids is 1. The quantitative estimate of drug-likeness (QED) is 0.925. The van der Waals surface area contributed by atoms with Gasteiger partial charge in [0.1, 0.15) is 0 Å². The first-order chi connectivity index (χ1) is 10.1. The second-order valence-corrected chi connectivity index (χ2v) is 6.66. The molecule has 2 aliphatic rings. The molecular formula is C18H25NO2. The normalized spacial score (nSPS) is 26.3. The van der Waals surface area contributed by atoms with E-state index in [1.807, 2.05) is 0 Å². The molecule has 1 atom stereocenters. The summed E-state index contributed by atoms with van der Waals surface area (Å²) >= 11 is 0. The molecule has 3 heteroatoms. The number of benzene rings is 1. The maximum Gasteiger partial charge on any atom is 0.305 e. The van der Waals surface area contributed by atoms with Crippen molar-refractivity contribution < 1.29 is 9.90 Å². The van der Waals surface area contributed by atoms with E-state index in [0.29, 0.717) is 0 Å². The van der Waals surface area contributed by atoms with Crippen LogP contribution in [0.25, 0.3) is 0 Å². The third-order valence-corrected chi connectivity index (χ3v) is 5.23. The van der Waals surface area contributed by atoms with Gasteiger partial charge >= 0.3 is 5.97 Å². The lowest BCUT2D eigenvalue weighted by atomic mass is 9.85. The molecular weight excluding hydrogens is 262 g/mol. The Morgan fingerprint density at radius 2 is 1.95 bits per heavy atom. The molecule has 21 heavy (non-hydrogen) atoms. The van der Waals surface area contributed by atoms with E-state index in [4.69, 9.17) is 0 Å². The minimum absolute atomic E-state index is 0.240. The van der Waals surface area contributed by atoms with E-state index in [2.05, 4.69) is 30.0 Å². The number of rotatable bonds is 3. The van der Waals surface area contributed by atoms with Crippen LogP contribution in [-0.2, 0) is 16.8 Å². The van der Waals surface area contributed by atoms with Gasteiger partial charge in [0.05, 0.1) is 12.0 Å². The van der Waals surface area contributed by atoms with Gasteiger partial charge < -0.3 is 5.11 Å². The zero-order valence-electron chi connectivity index (χ0n) is 12.9. The first-order valence-corrected chi connectivity index (χ1v) is 8.19. The van der Waals surface area contributed by atoms with E-state index < -0.39 is 5.97 Å². The minimum atomic E-state index is -0.673. The summed E-state index contributed by atoms with van der Waals surface area (Å²) in [6, 6.07) is 6.58. The molecule has 1 fully saturated rings. The predicted octanol–water partition coefficient (Wildman–Crippen LogP) is 3.49. The fourth-order valence-corrected chi connectivity index (χ4v) is 4.19. The van der Waals surface area contributed by atoms with Crippen molar-refractivity contribution in [1.29, 1.82) is 0 Å². The van der Waals surface area contributed by atoms with E-state index in [1.54, 1.807) is 0 Å². The number of carbonyl (C=O) groups is 1. The number of fused-ring (bicyclic) bond motifs is 1. The fraction of sp³-hybridized carbons (Fsp3) is 0.611. The number of nitrogens with zero attached hydrogens (tertiary/aromatic N) is 1. The van der Waals surface area contributed by atoms with Gasteiger partial charge in [-0.25, -0.2) is 0 Å². The number of hydrogen-bond acceptors (Lipinski definition) is 2. The monoisotopic (exact) mass is 287 g/mol. The maximum atomic E-state index is 11.6. The molecule has 3 rings (SSSR count). The topological polar surface area (TPSA) is 40.5 Å². The van der Waals surface area contributed by atoms with Crippen molar-refractivity contribution in [3.8, 4) is 0 Å². The lowest BCUT2D eigenvalue weighted by Gasteiger charge is -2.41. The molecule has 1 saturated heterocycles. The Hall–Kier alpha value is -1.35. The summed E-state index contributed by atoms with van der Waals surface area (Å²) in [4.78, 5) is 14.0. The Morgan fingerprint density at radius 3 is 2.62 bits per heavy atom. The van der Waals surface area contributed by atoms with Crippen LogP contribution < -0.4 is 0 Å². The van der Waals surface area contributed by atoms with Crippen LogP contribution in [0.4, 0.5) is 0 Å². The van der Waals surface area contributed by atoms with Crippen molar-refractivity contribution in [3.05, 3.63) is 34.9 Å². The van der Waals surface area contributed by atoms with Crippen LogP contribution in [0.3, 0.4) is 0 Å². The lowest BCUT2D eigenvalue weighted by molar-refractivity contribution is -0.140. The van der Waals surface area contributed by atoms with Gasteiger partial charge in [0, 0.05) is 0 Å². The molecule has 1 aliphatic carbocycles. The second-order valence-electron chi connectivity index (χ2n) is 6.66. The summed E-state index contributed by atoms with van der Waals surface area (Å²) in [7, 11) is 0. The maximum absolute atomic E-state index is 11.6. The third-order valence-electron chi connectivity index (χ3n) is 5.23. The van der Waals surface area contributed by atoms with Gasteiger partial charge in [-0.2, -0.15) is 0 Å². The number of carboxylic acids is 1. The highest BCUT2D eigenvalue weighted by atomic mass is 16.4. The molecule has 114 valence electrons. The standard InChI is InChI=1S/C18H25NO2/c1-14-6-7-15-8-9-18(13-17(20)21,16(15)12-14)19-10-4-2-3-5-11-19/h6-7,12H,2-5,8-11,13H2,1H3,(H,20,21). The first-order valence-electron chi connectivity index (χ1n) is 8.19. The third kappa shape index (κ3) is 2.71. The molecule has 1 aromatic rings. The van der Waals surface area contributed by atoms with E-state index in [1.165, 1.54) is 42.4 Å². The highest BCUT2D eigenvalue weighted by molar-refractivity contribution is 5.69. The van der Waals surface area contributed by atoms with Crippen LogP contribution in [-0.4, -0.2) is 29.1 Å². The average Bonchev–Trinajstić information content (AvgIpc) is 2.66. The SMILES string of the molecule is Cc1ccc2c(c1)C(CC(=O)O)(N1CCCCCC1)CC2. The number of aryl methyl sites for hydroxylation is 2. The van der Waals surface area contributed by atoms with Crippen molar-refractivity contribution >= 4 is 5.97 Å². The molecule has 0 spiro atoms. The first kappa shape index (κ1) is 14.6. The van der Waals surface area contributed by atoms with Gasteiger partial charge in [0.25, 0.3) is 0 Å². The predicted molar refractivity (Wildman–Crippen MR) is 83.5 cm³/mol. The highest BCUT2D eigenvalue weighted by Crippen LogP contribution is 2.45. The summed E-state index contributed by atoms with van der Waals surface area (Å²) < 4.78 is 0. The zero-order chi connectivity index (χ0) is 14.9. The Kier molecular flexibility index (Phi) is 4.03. The average molecular weight is 287 g/mol. The van der Waals surface area contributed by atoms with Crippen LogP contribution in [0.5, 0.6) is 0 Å². The highest BCUT2D eigenvalue weighted by Gasteiger charge is 2.45. The fourth-order valence-electron chi connectivity index (χ4n) is 4.19. The van der Waals surface area contributed by atoms with Crippen LogP contribution in [0.2, 0.25) is 0 Å². The molecule has 3 nitrogen and oxygen atoms in total. The summed E-state index contributed by atoms with van der Waals surface area (Å²) in [5.74, 6) is -0.673. The minimum Gasteiger partial charge on any atom is -0.481 e. The van der Waals surface area contributed by atoms with E-state index in [9.17, 15) is 9.90 Å². The van der Waals surface area contributed by atoms with Crippen LogP contribution in [0, 0.1) is 6.92 Å². The van der Waals surface area contributed by atoms with Crippen LogP contribution in [0.15, 0.2) is 18.2 Å². The molecule has 0 amide bonds. The van der Waals surface area contributed by atoms with E-state index in [0.717, 1.165) is 25.9 Å². The van der Waals surface area contributed by atoms with Crippen molar-refractivity contribution in [2.24, 2.45) is 0 Å². The summed E-state index contributed by atoms with van der Waals surface area (Å²) in [5, 5.41) is 9.51. The molecule has 1 aliphatic heterocycles. The smallest absolute Gasteiger partial charge is 0.305 e. The van der Waals surface area contributed by atoms with Gasteiger partial charge in [0.15, 0.2) is 0 Å². The van der Waals surface area contributed by atoms with Gasteiger partial charge in [-0.05, 0) is 56.8 Å². The van der Waals surface area contributed by atoms with E-state index in [-0.39, 0.29) is 12.0 Å². The van der Waals surface area contributed by atoms with Crippen LogP contribution >= 0.6 is 0 Å². The Morgan fingerprint density at radius 1 is 1.24 bits per heavy atom. The molecule has 1 aromatic carbocycles. The number of hydrogen-bond donors (Lipinski definition) is 1. The molecule has 1 unspecified atom stereocenters. The Balaban J connectivity index is 2.03. The van der Waals surface area contributed by atoms with Gasteiger partial charge in [-0.1, -0.05) is 36.6 Å². The molecule has 1 heterocycles. The van der Waals surface area contributed by atoms with Gasteiger partial charge in [0.2, 0.25) is 0 Å². The van der Waals surface area contributed by atoms with Crippen molar-refractivity contribution in [1.82, 2.24) is 4.90 Å². The van der Waals surface area contributed by atoms with Crippen LogP contribution in [0.1, 0.15) is 55.2 Å². The summed E-state index contributed by atoms with van der Waals surface area (Å²) in [6.07, 6.45) is 7.16. The number of likely N-dealkylation sites (tertiary alicyclic amines) is 1. The number of carboxylic acid groups (broad SMARTS) is 1. The summed E-state index contributed by atoms with van der Waals surface area (Å²) in [5.41, 5.74) is 3.61. The lowest BCUT2D eigenvalue weighted by Crippen LogP contribution is -2.46. The Labute approximate surface area is 127 Å².